The summed E-state index contributed by atoms with van der Waals surface area (Å²) in [5.41, 5.74) is 1.04. The van der Waals surface area contributed by atoms with Gasteiger partial charge in [0.05, 0.1) is 5.69 Å². The van der Waals surface area contributed by atoms with Gasteiger partial charge in [0.1, 0.15) is 0 Å². The van der Waals surface area contributed by atoms with Crippen LogP contribution in [0.2, 0.25) is 0 Å². The first-order valence-corrected chi connectivity index (χ1v) is 6.79. The zero-order valence-electron chi connectivity index (χ0n) is 11.2. The molecule has 1 aromatic carbocycles. The zero-order valence-corrected chi connectivity index (χ0v) is 11.9. The molecule has 5 nitrogen and oxygen atoms in total. The molecule has 102 valence electrons. The fraction of sp³-hybridized carbons (Fsp3) is 0.462. The van der Waals surface area contributed by atoms with Gasteiger partial charge in [-0.25, -0.2) is 0 Å². The Bertz CT molecular complexity index is 509. The van der Waals surface area contributed by atoms with E-state index in [1.165, 1.54) is 0 Å². The summed E-state index contributed by atoms with van der Waals surface area (Å²) in [5.74, 6) is 1.30. The molecule has 2 rings (SSSR count). The predicted molar refractivity (Wildman–Crippen MR) is 76.8 cm³/mol. The SMILES string of the molecule is CC(C)(CCCl)CNc1nnnn1-c1ccccc1. The molecule has 0 saturated heterocycles. The number of rotatable bonds is 6. The van der Waals surface area contributed by atoms with E-state index in [1.807, 2.05) is 30.3 Å². The second kappa shape index (κ2) is 6.02. The van der Waals surface area contributed by atoms with Crippen LogP contribution in [0.4, 0.5) is 5.95 Å². The molecule has 0 atom stereocenters. The number of nitrogens with zero attached hydrogens (tertiary/aromatic N) is 4. The standard InChI is InChI=1S/C13H18ClN5/c1-13(2,8-9-14)10-15-12-16-17-18-19(12)11-6-4-3-5-7-11/h3-7H,8-10H2,1-2H3,(H,15,16,18). The Morgan fingerprint density at radius 1 is 1.26 bits per heavy atom. The molecule has 1 N–H and O–H groups in total. The second-order valence-electron chi connectivity index (χ2n) is 5.21. The summed E-state index contributed by atoms with van der Waals surface area (Å²) in [6, 6.07) is 9.80. The molecule has 0 amide bonds. The van der Waals surface area contributed by atoms with Gasteiger partial charge in [-0.3, -0.25) is 0 Å². The van der Waals surface area contributed by atoms with Crippen molar-refractivity contribution in [1.82, 2.24) is 20.2 Å². The molecule has 6 heteroatoms. The number of anilines is 1. The van der Waals surface area contributed by atoms with Crippen molar-refractivity contribution in [3.05, 3.63) is 30.3 Å². The topological polar surface area (TPSA) is 55.6 Å². The Balaban J connectivity index is 2.09. The lowest BCUT2D eigenvalue weighted by Gasteiger charge is -2.23. The fourth-order valence-corrected chi connectivity index (χ4v) is 2.21. The normalized spacial score (nSPS) is 11.5. The fourth-order valence-electron chi connectivity index (χ4n) is 1.70. The number of alkyl halides is 1. The number of aromatic nitrogens is 4. The van der Waals surface area contributed by atoms with Gasteiger partial charge in [0, 0.05) is 12.4 Å². The highest BCUT2D eigenvalue weighted by molar-refractivity contribution is 6.17. The van der Waals surface area contributed by atoms with Gasteiger partial charge in [0.25, 0.3) is 0 Å². The number of tetrazole rings is 1. The van der Waals surface area contributed by atoms with Gasteiger partial charge < -0.3 is 5.32 Å². The molecular formula is C13H18ClN5. The summed E-state index contributed by atoms with van der Waals surface area (Å²) in [6.45, 7) is 5.10. The van der Waals surface area contributed by atoms with Crippen LogP contribution in [0.15, 0.2) is 30.3 Å². The van der Waals surface area contributed by atoms with Gasteiger partial charge in [-0.2, -0.15) is 4.68 Å². The molecule has 1 heterocycles. The predicted octanol–water partition coefficient (Wildman–Crippen LogP) is 2.73. The van der Waals surface area contributed by atoms with Crippen LogP contribution in [0.5, 0.6) is 0 Å². The third-order valence-corrected chi connectivity index (χ3v) is 3.16. The van der Waals surface area contributed by atoms with Crippen LogP contribution in [0.3, 0.4) is 0 Å². The summed E-state index contributed by atoms with van der Waals surface area (Å²) in [4.78, 5) is 0. The van der Waals surface area contributed by atoms with E-state index in [2.05, 4.69) is 34.7 Å². The van der Waals surface area contributed by atoms with Crippen LogP contribution in [-0.2, 0) is 0 Å². The van der Waals surface area contributed by atoms with Crippen molar-refractivity contribution in [2.45, 2.75) is 20.3 Å². The Morgan fingerprint density at radius 2 is 2.00 bits per heavy atom. The number of hydrogen-bond acceptors (Lipinski definition) is 4. The van der Waals surface area contributed by atoms with Gasteiger partial charge in [0.15, 0.2) is 0 Å². The molecule has 0 spiro atoms. The van der Waals surface area contributed by atoms with E-state index in [-0.39, 0.29) is 5.41 Å². The highest BCUT2D eigenvalue weighted by Gasteiger charge is 2.18. The highest BCUT2D eigenvalue weighted by Crippen LogP contribution is 2.21. The molecule has 0 aliphatic rings. The molecule has 2 aromatic rings. The minimum Gasteiger partial charge on any atom is -0.352 e. The minimum absolute atomic E-state index is 0.106. The second-order valence-corrected chi connectivity index (χ2v) is 5.58. The van der Waals surface area contributed by atoms with E-state index in [4.69, 9.17) is 11.6 Å². The van der Waals surface area contributed by atoms with Crippen molar-refractivity contribution in [2.24, 2.45) is 5.41 Å². The third kappa shape index (κ3) is 3.67. The summed E-state index contributed by atoms with van der Waals surface area (Å²) in [6.07, 6.45) is 0.939. The highest BCUT2D eigenvalue weighted by atomic mass is 35.5. The largest absolute Gasteiger partial charge is 0.352 e. The Hall–Kier alpha value is -1.62. The maximum atomic E-state index is 5.80. The Morgan fingerprint density at radius 3 is 2.68 bits per heavy atom. The average Bonchev–Trinajstić information content (AvgIpc) is 2.86. The number of halogens is 1. The first kappa shape index (κ1) is 13.8. The average molecular weight is 280 g/mol. The lowest BCUT2D eigenvalue weighted by molar-refractivity contribution is 0.378. The van der Waals surface area contributed by atoms with E-state index >= 15 is 0 Å². The summed E-state index contributed by atoms with van der Waals surface area (Å²) >= 11 is 5.80. The lowest BCUT2D eigenvalue weighted by atomic mass is 9.90. The monoisotopic (exact) mass is 279 g/mol. The van der Waals surface area contributed by atoms with Crippen molar-refractivity contribution in [2.75, 3.05) is 17.7 Å². The number of nitrogens with one attached hydrogen (secondary N) is 1. The molecule has 19 heavy (non-hydrogen) atoms. The van der Waals surface area contributed by atoms with Crippen molar-refractivity contribution in [3.8, 4) is 5.69 Å². The van der Waals surface area contributed by atoms with E-state index in [1.54, 1.807) is 4.68 Å². The van der Waals surface area contributed by atoms with Crippen molar-refractivity contribution < 1.29 is 0 Å². The van der Waals surface area contributed by atoms with Gasteiger partial charge in [-0.15, -0.1) is 11.6 Å². The molecule has 0 unspecified atom stereocenters. The van der Waals surface area contributed by atoms with Crippen molar-refractivity contribution in [1.29, 1.82) is 0 Å². The van der Waals surface area contributed by atoms with Crippen LogP contribution >= 0.6 is 11.6 Å². The van der Waals surface area contributed by atoms with Gasteiger partial charge in [-0.1, -0.05) is 37.1 Å². The summed E-state index contributed by atoms with van der Waals surface area (Å²) in [7, 11) is 0. The van der Waals surface area contributed by atoms with Crippen LogP contribution in [0, 0.1) is 5.41 Å². The molecule has 0 radical (unpaired) electrons. The summed E-state index contributed by atoms with van der Waals surface area (Å²) < 4.78 is 1.69. The van der Waals surface area contributed by atoms with Gasteiger partial charge in [-0.05, 0) is 34.4 Å². The number of para-hydroxylation sites is 1. The first-order valence-electron chi connectivity index (χ1n) is 6.26. The van der Waals surface area contributed by atoms with E-state index in [0.717, 1.165) is 18.7 Å². The van der Waals surface area contributed by atoms with E-state index in [9.17, 15) is 0 Å². The van der Waals surface area contributed by atoms with Crippen LogP contribution in [0.1, 0.15) is 20.3 Å². The summed E-state index contributed by atoms with van der Waals surface area (Å²) in [5, 5.41) is 15.0. The van der Waals surface area contributed by atoms with Crippen molar-refractivity contribution in [3.63, 3.8) is 0 Å². The maximum absolute atomic E-state index is 5.80. The number of hydrogen-bond donors (Lipinski definition) is 1. The Kier molecular flexibility index (Phi) is 4.37. The zero-order chi connectivity index (χ0) is 13.7. The van der Waals surface area contributed by atoms with Crippen LogP contribution in [0.25, 0.3) is 5.69 Å². The molecule has 0 fully saturated rings. The third-order valence-electron chi connectivity index (χ3n) is 2.97. The van der Waals surface area contributed by atoms with Crippen molar-refractivity contribution >= 4 is 17.5 Å². The molecule has 0 bridgehead atoms. The molecule has 0 aliphatic heterocycles. The molecule has 0 saturated carbocycles. The quantitative estimate of drug-likeness (QED) is 0.826. The van der Waals surface area contributed by atoms with Gasteiger partial charge >= 0.3 is 0 Å². The van der Waals surface area contributed by atoms with E-state index < -0.39 is 0 Å². The minimum atomic E-state index is 0.106. The Labute approximate surface area is 118 Å². The molecule has 0 aliphatic carbocycles. The lowest BCUT2D eigenvalue weighted by Crippen LogP contribution is -2.25. The first-order chi connectivity index (χ1) is 9.12. The molecule has 1 aromatic heterocycles. The van der Waals surface area contributed by atoms with E-state index in [0.29, 0.717) is 11.8 Å². The maximum Gasteiger partial charge on any atom is 0.247 e. The van der Waals surface area contributed by atoms with Crippen LogP contribution in [-0.4, -0.2) is 32.6 Å². The smallest absolute Gasteiger partial charge is 0.247 e. The molecular weight excluding hydrogens is 262 g/mol. The van der Waals surface area contributed by atoms with Crippen LogP contribution < -0.4 is 5.32 Å². The van der Waals surface area contributed by atoms with Gasteiger partial charge in [0.2, 0.25) is 5.95 Å². The number of benzene rings is 1.